The Balaban J connectivity index is 1.55. The number of carbonyl (C=O) groups is 1. The number of nitrogens with zero attached hydrogens (tertiary/aromatic N) is 2. The summed E-state index contributed by atoms with van der Waals surface area (Å²) < 4.78 is 7.50. The topological polar surface area (TPSA) is 68.2 Å². The normalized spacial score (nSPS) is 19.0. The van der Waals surface area contributed by atoms with Gasteiger partial charge in [-0.2, -0.15) is 5.10 Å². The number of fused-ring (bicyclic) bond motifs is 1. The van der Waals surface area contributed by atoms with E-state index in [9.17, 15) is 4.79 Å². The van der Waals surface area contributed by atoms with Crippen molar-refractivity contribution in [2.24, 2.45) is 0 Å². The zero-order chi connectivity index (χ0) is 16.9. The minimum absolute atomic E-state index is 0.00372. The second-order valence-corrected chi connectivity index (χ2v) is 6.25. The summed E-state index contributed by atoms with van der Waals surface area (Å²) >= 11 is 0. The molecule has 0 bridgehead atoms. The number of benzene rings is 1. The van der Waals surface area contributed by atoms with Crippen LogP contribution in [0.25, 0.3) is 0 Å². The highest BCUT2D eigenvalue weighted by Gasteiger charge is 2.25. The molecule has 0 radical (unpaired) electrons. The van der Waals surface area contributed by atoms with Gasteiger partial charge in [-0.25, -0.2) is 0 Å². The number of hydrogen-bond donors (Lipinski definition) is 2. The third-order valence-corrected chi connectivity index (χ3v) is 4.22. The van der Waals surface area contributed by atoms with Crippen molar-refractivity contribution in [2.45, 2.75) is 44.9 Å². The Morgan fingerprint density at radius 2 is 2.21 bits per heavy atom. The number of aromatic nitrogens is 2. The van der Waals surface area contributed by atoms with Gasteiger partial charge in [0, 0.05) is 30.4 Å². The van der Waals surface area contributed by atoms with Gasteiger partial charge in [-0.3, -0.25) is 9.48 Å². The van der Waals surface area contributed by atoms with Crippen molar-refractivity contribution in [3.63, 3.8) is 0 Å². The van der Waals surface area contributed by atoms with Crippen LogP contribution in [0.3, 0.4) is 0 Å². The summed E-state index contributed by atoms with van der Waals surface area (Å²) in [6.07, 6.45) is 4.46. The van der Waals surface area contributed by atoms with Gasteiger partial charge >= 0.3 is 0 Å². The highest BCUT2D eigenvalue weighted by atomic mass is 16.5. The molecular formula is C18H24N4O2. The van der Waals surface area contributed by atoms with Crippen LogP contribution in [0, 0.1) is 0 Å². The van der Waals surface area contributed by atoms with Crippen molar-refractivity contribution in [3.05, 3.63) is 48.3 Å². The molecule has 1 aliphatic rings. The van der Waals surface area contributed by atoms with Gasteiger partial charge in [-0.1, -0.05) is 18.2 Å². The summed E-state index contributed by atoms with van der Waals surface area (Å²) in [6, 6.07) is 9.65. The molecule has 24 heavy (non-hydrogen) atoms. The molecule has 6 nitrogen and oxygen atoms in total. The van der Waals surface area contributed by atoms with E-state index < -0.39 is 0 Å². The van der Waals surface area contributed by atoms with Crippen molar-refractivity contribution >= 4 is 5.91 Å². The first-order valence-electron chi connectivity index (χ1n) is 8.39. The molecule has 2 aromatic rings. The fraction of sp³-hybridized carbons (Fsp3) is 0.444. The highest BCUT2D eigenvalue weighted by Crippen LogP contribution is 2.31. The summed E-state index contributed by atoms with van der Waals surface area (Å²) in [7, 11) is 0. The summed E-state index contributed by atoms with van der Waals surface area (Å²) in [5.41, 5.74) is 1.05. The van der Waals surface area contributed by atoms with Gasteiger partial charge in [0.05, 0.1) is 25.2 Å². The molecule has 0 aliphatic carbocycles. The predicted octanol–water partition coefficient (Wildman–Crippen LogP) is 1.89. The molecule has 128 valence electrons. The molecule has 0 saturated carbocycles. The smallest absolute Gasteiger partial charge is 0.237 e. The Morgan fingerprint density at radius 1 is 1.38 bits per heavy atom. The maximum absolute atomic E-state index is 12.5. The molecule has 0 saturated heterocycles. The van der Waals surface area contributed by atoms with Gasteiger partial charge < -0.3 is 15.4 Å². The summed E-state index contributed by atoms with van der Waals surface area (Å²) in [4.78, 5) is 12.5. The molecule has 1 amide bonds. The number of carbonyl (C=O) groups excluding carboxylic acids is 1. The Hall–Kier alpha value is -2.34. The van der Waals surface area contributed by atoms with Gasteiger partial charge in [-0.15, -0.1) is 0 Å². The number of para-hydroxylation sites is 1. The Labute approximate surface area is 142 Å². The lowest BCUT2D eigenvalue weighted by molar-refractivity contribution is -0.123. The van der Waals surface area contributed by atoms with Gasteiger partial charge in [-0.05, 0) is 26.0 Å². The van der Waals surface area contributed by atoms with Crippen molar-refractivity contribution in [1.29, 1.82) is 0 Å². The van der Waals surface area contributed by atoms with E-state index in [2.05, 4.69) is 22.7 Å². The van der Waals surface area contributed by atoms with E-state index in [1.807, 2.05) is 48.1 Å². The molecule has 3 atom stereocenters. The van der Waals surface area contributed by atoms with E-state index in [1.165, 1.54) is 0 Å². The first-order valence-corrected chi connectivity index (χ1v) is 8.39. The summed E-state index contributed by atoms with van der Waals surface area (Å²) in [6.45, 7) is 5.29. The first-order chi connectivity index (χ1) is 11.6. The fourth-order valence-electron chi connectivity index (χ4n) is 3.03. The van der Waals surface area contributed by atoms with Crippen LogP contribution in [-0.4, -0.2) is 34.4 Å². The first kappa shape index (κ1) is 16.5. The SMILES string of the molecule is C[C@H](Cn1cccn1)N[C@@H](C)C(=O)N[C@@H]1CCOc2ccccc21. The lowest BCUT2D eigenvalue weighted by Gasteiger charge is -2.28. The van der Waals surface area contributed by atoms with Crippen LogP contribution in [0.2, 0.25) is 0 Å². The fourth-order valence-corrected chi connectivity index (χ4v) is 3.03. The van der Waals surface area contributed by atoms with Crippen LogP contribution in [-0.2, 0) is 11.3 Å². The molecular weight excluding hydrogens is 304 g/mol. The van der Waals surface area contributed by atoms with Crippen molar-refractivity contribution in [3.8, 4) is 5.75 Å². The van der Waals surface area contributed by atoms with E-state index in [1.54, 1.807) is 6.20 Å². The number of nitrogens with one attached hydrogen (secondary N) is 2. The third kappa shape index (κ3) is 3.94. The van der Waals surface area contributed by atoms with E-state index in [-0.39, 0.29) is 24.0 Å². The molecule has 0 unspecified atom stereocenters. The Morgan fingerprint density at radius 3 is 3.00 bits per heavy atom. The Bertz CT molecular complexity index is 671. The van der Waals surface area contributed by atoms with Crippen LogP contribution < -0.4 is 15.4 Å². The zero-order valence-electron chi connectivity index (χ0n) is 14.1. The molecule has 2 heterocycles. The molecule has 2 N–H and O–H groups in total. The second kappa shape index (κ2) is 7.49. The highest BCUT2D eigenvalue weighted by molar-refractivity contribution is 5.81. The predicted molar refractivity (Wildman–Crippen MR) is 91.7 cm³/mol. The maximum Gasteiger partial charge on any atom is 0.237 e. The number of rotatable bonds is 6. The summed E-state index contributed by atoms with van der Waals surface area (Å²) in [5.74, 6) is 0.866. The molecule has 0 fully saturated rings. The minimum Gasteiger partial charge on any atom is -0.493 e. The van der Waals surface area contributed by atoms with Gasteiger partial charge in [0.25, 0.3) is 0 Å². The van der Waals surface area contributed by atoms with E-state index >= 15 is 0 Å². The Kier molecular flexibility index (Phi) is 5.15. The van der Waals surface area contributed by atoms with Crippen LogP contribution >= 0.6 is 0 Å². The van der Waals surface area contributed by atoms with Crippen molar-refractivity contribution in [1.82, 2.24) is 20.4 Å². The van der Waals surface area contributed by atoms with Gasteiger partial charge in [0.1, 0.15) is 5.75 Å². The van der Waals surface area contributed by atoms with E-state index in [0.29, 0.717) is 6.61 Å². The lowest BCUT2D eigenvalue weighted by Crippen LogP contribution is -2.48. The molecule has 3 rings (SSSR count). The number of hydrogen-bond acceptors (Lipinski definition) is 4. The van der Waals surface area contributed by atoms with E-state index in [4.69, 9.17) is 4.74 Å². The third-order valence-electron chi connectivity index (χ3n) is 4.22. The largest absolute Gasteiger partial charge is 0.493 e. The van der Waals surface area contributed by atoms with Crippen LogP contribution in [0.5, 0.6) is 5.75 Å². The number of ether oxygens (including phenoxy) is 1. The summed E-state index contributed by atoms with van der Waals surface area (Å²) in [5, 5.41) is 10.7. The van der Waals surface area contributed by atoms with Crippen LogP contribution in [0.1, 0.15) is 31.9 Å². The molecule has 1 aromatic heterocycles. The lowest BCUT2D eigenvalue weighted by atomic mass is 10.0. The number of amides is 1. The molecule has 6 heteroatoms. The standard InChI is InChI=1S/C18H24N4O2/c1-13(12-22-10-5-9-19-22)20-14(2)18(23)21-16-8-11-24-17-7-4-3-6-15(16)17/h3-7,9-10,13-14,16,20H,8,11-12H2,1-2H3,(H,21,23)/t13-,14+,16-/m1/s1. The molecule has 0 spiro atoms. The van der Waals surface area contributed by atoms with Gasteiger partial charge in [0.2, 0.25) is 5.91 Å². The van der Waals surface area contributed by atoms with Crippen LogP contribution in [0.4, 0.5) is 0 Å². The molecule has 1 aliphatic heterocycles. The zero-order valence-corrected chi connectivity index (χ0v) is 14.1. The average Bonchev–Trinajstić information content (AvgIpc) is 3.08. The van der Waals surface area contributed by atoms with Crippen molar-refractivity contribution in [2.75, 3.05) is 6.61 Å². The quantitative estimate of drug-likeness (QED) is 0.850. The van der Waals surface area contributed by atoms with Gasteiger partial charge in [0.15, 0.2) is 0 Å². The second-order valence-electron chi connectivity index (χ2n) is 6.25. The minimum atomic E-state index is -0.273. The van der Waals surface area contributed by atoms with Crippen molar-refractivity contribution < 1.29 is 9.53 Å². The van der Waals surface area contributed by atoms with Crippen LogP contribution in [0.15, 0.2) is 42.7 Å². The molecule has 1 aromatic carbocycles. The van der Waals surface area contributed by atoms with E-state index in [0.717, 1.165) is 24.3 Å². The average molecular weight is 328 g/mol. The monoisotopic (exact) mass is 328 g/mol. The maximum atomic E-state index is 12.5.